The molecule has 7 heteroatoms. The summed E-state index contributed by atoms with van der Waals surface area (Å²) in [5.74, 6) is 2.30. The van der Waals surface area contributed by atoms with Crippen molar-refractivity contribution in [3.05, 3.63) is 78.8 Å². The van der Waals surface area contributed by atoms with Crippen LogP contribution in [-0.2, 0) is 4.79 Å². The number of hydrogen-bond acceptors (Lipinski definition) is 6. The molecular formula is C22H22N6O. The third-order valence-electron chi connectivity index (χ3n) is 4.71. The van der Waals surface area contributed by atoms with E-state index in [1.54, 1.807) is 18.6 Å². The van der Waals surface area contributed by atoms with E-state index in [0.29, 0.717) is 18.9 Å². The number of rotatable bonds is 5. The third-order valence-corrected chi connectivity index (χ3v) is 4.71. The van der Waals surface area contributed by atoms with Crippen LogP contribution in [0.5, 0.6) is 0 Å². The second-order valence-corrected chi connectivity index (χ2v) is 6.66. The number of benzene rings is 1. The van der Waals surface area contributed by atoms with Crippen molar-refractivity contribution >= 4 is 29.4 Å². The fraction of sp³-hybridized carbons (Fsp3) is 0.182. The van der Waals surface area contributed by atoms with Gasteiger partial charge in [-0.2, -0.15) is 0 Å². The zero-order valence-electron chi connectivity index (χ0n) is 16.0. The molecule has 4 rings (SSSR count). The van der Waals surface area contributed by atoms with Crippen molar-refractivity contribution in [2.75, 3.05) is 36.4 Å². The van der Waals surface area contributed by atoms with Gasteiger partial charge in [-0.3, -0.25) is 4.79 Å². The van der Waals surface area contributed by atoms with Crippen LogP contribution in [0.3, 0.4) is 0 Å². The SMILES string of the molecule is O=C(C=Cc1ccccc1)N1CCN(c2cc(Nc3ccccn3)ncn2)CC1. The molecule has 7 nitrogen and oxygen atoms in total. The smallest absolute Gasteiger partial charge is 0.246 e. The van der Waals surface area contributed by atoms with Crippen LogP contribution in [0.15, 0.2) is 73.2 Å². The summed E-state index contributed by atoms with van der Waals surface area (Å²) in [4.78, 5) is 29.4. The number of pyridine rings is 1. The molecule has 3 aromatic rings. The minimum absolute atomic E-state index is 0.0358. The molecule has 3 heterocycles. The Labute approximate surface area is 169 Å². The van der Waals surface area contributed by atoms with Gasteiger partial charge in [0.1, 0.15) is 23.8 Å². The van der Waals surface area contributed by atoms with Crippen LogP contribution in [0.2, 0.25) is 0 Å². The molecule has 1 aromatic carbocycles. The molecule has 0 spiro atoms. The van der Waals surface area contributed by atoms with E-state index in [2.05, 4.69) is 25.2 Å². The van der Waals surface area contributed by atoms with Crippen LogP contribution >= 0.6 is 0 Å². The van der Waals surface area contributed by atoms with Crippen LogP contribution in [0.4, 0.5) is 17.5 Å². The lowest BCUT2D eigenvalue weighted by atomic mass is 10.2. The van der Waals surface area contributed by atoms with Crippen LogP contribution in [0, 0.1) is 0 Å². The maximum atomic E-state index is 12.4. The number of nitrogens with zero attached hydrogens (tertiary/aromatic N) is 5. The number of piperazine rings is 1. The zero-order valence-corrected chi connectivity index (χ0v) is 16.0. The van der Waals surface area contributed by atoms with E-state index in [1.165, 1.54) is 0 Å². The molecule has 0 saturated carbocycles. The van der Waals surface area contributed by atoms with Crippen LogP contribution in [0.25, 0.3) is 6.08 Å². The lowest BCUT2D eigenvalue weighted by Gasteiger charge is -2.35. The Morgan fingerprint density at radius 2 is 1.69 bits per heavy atom. The number of anilines is 3. The highest BCUT2D eigenvalue weighted by molar-refractivity contribution is 5.92. The lowest BCUT2D eigenvalue weighted by molar-refractivity contribution is -0.126. The second-order valence-electron chi connectivity index (χ2n) is 6.66. The molecule has 0 atom stereocenters. The van der Waals surface area contributed by atoms with E-state index in [1.807, 2.05) is 65.6 Å². The Morgan fingerprint density at radius 1 is 0.897 bits per heavy atom. The van der Waals surface area contributed by atoms with E-state index in [-0.39, 0.29) is 5.91 Å². The molecule has 2 aromatic heterocycles. The maximum absolute atomic E-state index is 12.4. The number of amides is 1. The molecule has 0 unspecified atom stereocenters. The Bertz CT molecular complexity index is 969. The molecular weight excluding hydrogens is 364 g/mol. The number of nitrogens with one attached hydrogen (secondary N) is 1. The Kier molecular flexibility index (Phi) is 5.76. The van der Waals surface area contributed by atoms with Gasteiger partial charge in [0.25, 0.3) is 0 Å². The fourth-order valence-electron chi connectivity index (χ4n) is 3.15. The first kappa shape index (κ1) is 18.6. The van der Waals surface area contributed by atoms with Crippen LogP contribution in [0.1, 0.15) is 5.56 Å². The van der Waals surface area contributed by atoms with Crippen molar-refractivity contribution in [1.29, 1.82) is 0 Å². The van der Waals surface area contributed by atoms with Gasteiger partial charge in [0.05, 0.1) is 0 Å². The van der Waals surface area contributed by atoms with Gasteiger partial charge < -0.3 is 15.1 Å². The molecule has 146 valence electrons. The Balaban J connectivity index is 1.34. The zero-order chi connectivity index (χ0) is 19.9. The summed E-state index contributed by atoms with van der Waals surface area (Å²) in [6.07, 6.45) is 6.77. The summed E-state index contributed by atoms with van der Waals surface area (Å²) in [6, 6.07) is 17.4. The minimum atomic E-state index is 0.0358. The molecule has 29 heavy (non-hydrogen) atoms. The monoisotopic (exact) mass is 386 g/mol. The van der Waals surface area contributed by atoms with Crippen molar-refractivity contribution in [1.82, 2.24) is 19.9 Å². The van der Waals surface area contributed by atoms with Gasteiger partial charge in [-0.25, -0.2) is 15.0 Å². The maximum Gasteiger partial charge on any atom is 0.246 e. The summed E-state index contributed by atoms with van der Waals surface area (Å²) in [5.41, 5.74) is 1.02. The van der Waals surface area contributed by atoms with Crippen molar-refractivity contribution in [3.63, 3.8) is 0 Å². The molecule has 0 aliphatic carbocycles. The third kappa shape index (κ3) is 4.95. The second kappa shape index (κ2) is 8.97. The van der Waals surface area contributed by atoms with Crippen molar-refractivity contribution in [3.8, 4) is 0 Å². The average molecular weight is 386 g/mol. The van der Waals surface area contributed by atoms with E-state index in [4.69, 9.17) is 0 Å². The number of hydrogen-bond donors (Lipinski definition) is 1. The standard InChI is InChI=1S/C22H22N6O/c29-22(10-9-18-6-2-1-3-7-18)28-14-12-27(13-15-28)21-16-20(24-17-25-21)26-19-8-4-5-11-23-19/h1-11,16-17H,12-15H2,(H,23,24,25,26). The van der Waals surface area contributed by atoms with Crippen molar-refractivity contribution in [2.45, 2.75) is 0 Å². The normalized spacial score (nSPS) is 14.2. The molecule has 0 bridgehead atoms. The highest BCUT2D eigenvalue weighted by Crippen LogP contribution is 2.18. The minimum Gasteiger partial charge on any atom is -0.353 e. The van der Waals surface area contributed by atoms with Crippen LogP contribution in [-0.4, -0.2) is 51.9 Å². The summed E-state index contributed by atoms with van der Waals surface area (Å²) in [6.45, 7) is 2.77. The van der Waals surface area contributed by atoms with E-state index in [0.717, 1.165) is 30.3 Å². The Hall–Kier alpha value is -3.74. The average Bonchev–Trinajstić information content (AvgIpc) is 2.79. The largest absolute Gasteiger partial charge is 0.353 e. The van der Waals surface area contributed by atoms with Gasteiger partial charge in [0.15, 0.2) is 0 Å². The van der Waals surface area contributed by atoms with E-state index in [9.17, 15) is 4.79 Å². The molecule has 1 aliphatic rings. The summed E-state index contributed by atoms with van der Waals surface area (Å²) >= 11 is 0. The summed E-state index contributed by atoms with van der Waals surface area (Å²) < 4.78 is 0. The van der Waals surface area contributed by atoms with Gasteiger partial charge in [0, 0.05) is 44.5 Å². The number of carbonyl (C=O) groups is 1. The van der Waals surface area contributed by atoms with Gasteiger partial charge in [-0.1, -0.05) is 36.4 Å². The van der Waals surface area contributed by atoms with Crippen LogP contribution < -0.4 is 10.2 Å². The molecule has 1 N–H and O–H groups in total. The molecule has 1 amide bonds. The predicted octanol–water partition coefficient (Wildman–Crippen LogP) is 2.98. The number of carbonyl (C=O) groups excluding carboxylic acids is 1. The highest BCUT2D eigenvalue weighted by atomic mass is 16.2. The topological polar surface area (TPSA) is 74.2 Å². The molecule has 0 radical (unpaired) electrons. The number of aromatic nitrogens is 3. The first-order chi connectivity index (χ1) is 14.3. The first-order valence-electron chi connectivity index (χ1n) is 9.55. The predicted molar refractivity (Wildman–Crippen MR) is 114 cm³/mol. The Morgan fingerprint density at radius 3 is 2.45 bits per heavy atom. The van der Waals surface area contributed by atoms with Gasteiger partial charge in [-0.05, 0) is 23.8 Å². The fourth-order valence-corrected chi connectivity index (χ4v) is 3.15. The van der Waals surface area contributed by atoms with E-state index < -0.39 is 0 Å². The summed E-state index contributed by atoms with van der Waals surface area (Å²) in [7, 11) is 0. The lowest BCUT2D eigenvalue weighted by Crippen LogP contribution is -2.48. The van der Waals surface area contributed by atoms with Gasteiger partial charge in [0.2, 0.25) is 5.91 Å². The van der Waals surface area contributed by atoms with Crippen molar-refractivity contribution in [2.24, 2.45) is 0 Å². The molecule has 1 saturated heterocycles. The molecule has 1 fully saturated rings. The highest BCUT2D eigenvalue weighted by Gasteiger charge is 2.20. The van der Waals surface area contributed by atoms with E-state index >= 15 is 0 Å². The van der Waals surface area contributed by atoms with Gasteiger partial charge >= 0.3 is 0 Å². The first-order valence-corrected chi connectivity index (χ1v) is 9.55. The molecule has 1 aliphatic heterocycles. The quantitative estimate of drug-likeness (QED) is 0.680. The summed E-state index contributed by atoms with van der Waals surface area (Å²) in [5, 5.41) is 3.18. The van der Waals surface area contributed by atoms with Crippen molar-refractivity contribution < 1.29 is 4.79 Å². The van der Waals surface area contributed by atoms with Gasteiger partial charge in [-0.15, -0.1) is 0 Å².